The lowest BCUT2D eigenvalue weighted by molar-refractivity contribution is -0.116. The van der Waals surface area contributed by atoms with Gasteiger partial charge in [-0.15, -0.1) is 0 Å². The number of nitrogens with two attached hydrogens (primary N) is 1. The number of carbonyl (C=O) groups excluding carboxylic acids is 1. The van der Waals surface area contributed by atoms with E-state index in [1.165, 1.54) is 36.4 Å². The van der Waals surface area contributed by atoms with Crippen molar-refractivity contribution in [1.29, 1.82) is 0 Å². The summed E-state index contributed by atoms with van der Waals surface area (Å²) < 4.78 is 40.7. The van der Waals surface area contributed by atoms with Gasteiger partial charge in [0.1, 0.15) is 18.2 Å². The minimum absolute atomic E-state index is 0.0126. The largest absolute Gasteiger partial charge is 0.492 e. The first-order valence-corrected chi connectivity index (χ1v) is 9.78. The van der Waals surface area contributed by atoms with Gasteiger partial charge in [-0.25, -0.2) is 17.9 Å². The van der Waals surface area contributed by atoms with Gasteiger partial charge in [0.15, 0.2) is 0 Å². The van der Waals surface area contributed by atoms with Crippen molar-refractivity contribution in [3.63, 3.8) is 0 Å². The number of carbonyl (C=O) groups is 1. The molecule has 3 N–H and O–H groups in total. The molecule has 27 heavy (non-hydrogen) atoms. The van der Waals surface area contributed by atoms with Gasteiger partial charge >= 0.3 is 0 Å². The predicted molar refractivity (Wildman–Crippen MR) is 100 cm³/mol. The van der Waals surface area contributed by atoms with Crippen LogP contribution in [0.5, 0.6) is 5.75 Å². The molecule has 0 aliphatic heterocycles. The molecule has 0 spiro atoms. The Bertz CT molecular complexity index is 855. The molecule has 0 bridgehead atoms. The van der Waals surface area contributed by atoms with Gasteiger partial charge in [0.05, 0.1) is 4.90 Å². The Morgan fingerprint density at radius 3 is 2.33 bits per heavy atom. The van der Waals surface area contributed by atoms with E-state index in [0.29, 0.717) is 31.1 Å². The lowest BCUT2D eigenvalue weighted by atomic mass is 10.3. The number of nitrogens with zero attached hydrogens (tertiary/aromatic N) is 1. The highest BCUT2D eigenvalue weighted by molar-refractivity contribution is 7.89. The lowest BCUT2D eigenvalue weighted by Crippen LogP contribution is -2.28. The monoisotopic (exact) mass is 395 g/mol. The molecular weight excluding hydrogens is 373 g/mol. The van der Waals surface area contributed by atoms with Crippen molar-refractivity contribution in [2.45, 2.75) is 11.3 Å². The molecule has 0 saturated heterocycles. The van der Waals surface area contributed by atoms with Gasteiger partial charge < -0.3 is 15.0 Å². The molecule has 0 atom stereocenters. The van der Waals surface area contributed by atoms with Gasteiger partial charge in [-0.3, -0.25) is 4.79 Å². The Morgan fingerprint density at radius 1 is 1.11 bits per heavy atom. The normalized spacial score (nSPS) is 11.4. The molecule has 7 nitrogen and oxygen atoms in total. The average molecular weight is 395 g/mol. The fraction of sp³-hybridized carbons (Fsp3) is 0.278. The molecule has 0 aromatic heterocycles. The van der Waals surface area contributed by atoms with Crippen molar-refractivity contribution in [1.82, 2.24) is 4.90 Å². The molecule has 9 heteroatoms. The van der Waals surface area contributed by atoms with Crippen LogP contribution in [0.25, 0.3) is 0 Å². The van der Waals surface area contributed by atoms with Gasteiger partial charge in [-0.2, -0.15) is 0 Å². The number of anilines is 1. The third-order valence-electron chi connectivity index (χ3n) is 3.74. The zero-order chi connectivity index (χ0) is 19.9. The number of rotatable bonds is 9. The van der Waals surface area contributed by atoms with E-state index in [9.17, 15) is 17.6 Å². The number of likely N-dealkylation sites (N-methyl/N-ethyl adjacent to an activating group) is 1. The lowest BCUT2D eigenvalue weighted by Gasteiger charge is -2.16. The highest BCUT2D eigenvalue weighted by Gasteiger charge is 2.09. The molecule has 2 aromatic carbocycles. The zero-order valence-electron chi connectivity index (χ0n) is 14.9. The Kier molecular flexibility index (Phi) is 7.28. The SMILES string of the molecule is CN(CCOc1ccc(F)cc1)CCC(=O)Nc1ccc(S(N)(=O)=O)cc1. The van der Waals surface area contributed by atoms with Crippen LogP contribution < -0.4 is 15.2 Å². The standard InChI is InChI=1S/C18H22FN3O4S/c1-22(12-13-26-16-6-2-14(19)3-7-16)11-10-18(23)21-15-4-8-17(9-5-15)27(20,24)25/h2-9H,10-13H2,1H3,(H,21,23)(H2,20,24,25). The third kappa shape index (κ3) is 7.33. The summed E-state index contributed by atoms with van der Waals surface area (Å²) in [6.45, 7) is 1.54. The van der Waals surface area contributed by atoms with Gasteiger partial charge in [0.25, 0.3) is 0 Å². The summed E-state index contributed by atoms with van der Waals surface area (Å²) in [5.74, 6) is 0.0833. The van der Waals surface area contributed by atoms with Crippen LogP contribution in [0.15, 0.2) is 53.4 Å². The predicted octanol–water partition coefficient (Wildman–Crippen LogP) is 1.81. The van der Waals surface area contributed by atoms with Crippen LogP contribution in [0.4, 0.5) is 10.1 Å². The van der Waals surface area contributed by atoms with Crippen LogP contribution in [-0.4, -0.2) is 46.0 Å². The maximum absolute atomic E-state index is 12.8. The molecule has 2 aromatic rings. The first kappa shape index (κ1) is 20.8. The quantitative estimate of drug-likeness (QED) is 0.674. The fourth-order valence-corrected chi connectivity index (χ4v) is 2.72. The number of halogens is 1. The Hall–Kier alpha value is -2.49. The maximum Gasteiger partial charge on any atom is 0.238 e. The summed E-state index contributed by atoms with van der Waals surface area (Å²) in [7, 11) is -1.89. The van der Waals surface area contributed by atoms with Gasteiger partial charge in [-0.05, 0) is 55.6 Å². The molecule has 2 rings (SSSR count). The fourth-order valence-electron chi connectivity index (χ4n) is 2.21. The number of ether oxygens (including phenoxy) is 1. The van der Waals surface area contributed by atoms with E-state index >= 15 is 0 Å². The summed E-state index contributed by atoms with van der Waals surface area (Å²) >= 11 is 0. The summed E-state index contributed by atoms with van der Waals surface area (Å²) in [5, 5.41) is 7.72. The van der Waals surface area contributed by atoms with Crippen LogP contribution >= 0.6 is 0 Å². The van der Waals surface area contributed by atoms with Crippen molar-refractivity contribution in [2.75, 3.05) is 32.1 Å². The minimum Gasteiger partial charge on any atom is -0.492 e. The Morgan fingerprint density at radius 2 is 1.74 bits per heavy atom. The van der Waals surface area contributed by atoms with Crippen LogP contribution in [-0.2, 0) is 14.8 Å². The van der Waals surface area contributed by atoms with Crippen molar-refractivity contribution in [2.24, 2.45) is 5.14 Å². The first-order chi connectivity index (χ1) is 12.7. The second-order valence-electron chi connectivity index (χ2n) is 5.97. The van der Waals surface area contributed by atoms with E-state index < -0.39 is 10.0 Å². The number of amides is 1. The van der Waals surface area contributed by atoms with E-state index in [1.54, 1.807) is 12.1 Å². The summed E-state index contributed by atoms with van der Waals surface area (Å²) in [4.78, 5) is 13.9. The Labute approximate surface area is 158 Å². The van der Waals surface area contributed by atoms with Crippen molar-refractivity contribution in [3.8, 4) is 5.75 Å². The Balaban J connectivity index is 1.69. The number of hydrogen-bond acceptors (Lipinski definition) is 5. The van der Waals surface area contributed by atoms with E-state index in [1.807, 2.05) is 11.9 Å². The van der Waals surface area contributed by atoms with Gasteiger partial charge in [0.2, 0.25) is 15.9 Å². The smallest absolute Gasteiger partial charge is 0.238 e. The number of benzene rings is 2. The molecule has 146 valence electrons. The molecule has 0 radical (unpaired) electrons. The van der Waals surface area contributed by atoms with Crippen LogP contribution in [0, 0.1) is 5.82 Å². The molecule has 0 fully saturated rings. The summed E-state index contributed by atoms with van der Waals surface area (Å²) in [5.41, 5.74) is 0.495. The number of hydrogen-bond donors (Lipinski definition) is 2. The van der Waals surface area contributed by atoms with E-state index in [0.717, 1.165) is 0 Å². The van der Waals surface area contributed by atoms with E-state index in [-0.39, 0.29) is 23.0 Å². The third-order valence-corrected chi connectivity index (χ3v) is 4.67. The molecule has 0 unspecified atom stereocenters. The number of primary sulfonamides is 1. The molecule has 0 heterocycles. The highest BCUT2D eigenvalue weighted by Crippen LogP contribution is 2.13. The van der Waals surface area contributed by atoms with Gasteiger partial charge in [0, 0.05) is 25.2 Å². The number of sulfonamides is 1. The van der Waals surface area contributed by atoms with E-state index in [2.05, 4.69) is 5.32 Å². The average Bonchev–Trinajstić information content (AvgIpc) is 2.61. The van der Waals surface area contributed by atoms with Crippen LogP contribution in [0.2, 0.25) is 0 Å². The zero-order valence-corrected chi connectivity index (χ0v) is 15.7. The minimum atomic E-state index is -3.75. The van der Waals surface area contributed by atoms with Crippen molar-refractivity contribution < 1.29 is 22.3 Å². The van der Waals surface area contributed by atoms with Crippen LogP contribution in [0.3, 0.4) is 0 Å². The van der Waals surface area contributed by atoms with Crippen molar-refractivity contribution in [3.05, 3.63) is 54.3 Å². The van der Waals surface area contributed by atoms with Gasteiger partial charge in [-0.1, -0.05) is 0 Å². The van der Waals surface area contributed by atoms with Crippen molar-refractivity contribution >= 4 is 21.6 Å². The maximum atomic E-state index is 12.8. The topological polar surface area (TPSA) is 102 Å². The van der Waals surface area contributed by atoms with Crippen LogP contribution in [0.1, 0.15) is 6.42 Å². The molecule has 0 saturated carbocycles. The second-order valence-corrected chi connectivity index (χ2v) is 7.53. The molecule has 0 aliphatic rings. The second kappa shape index (κ2) is 9.45. The highest BCUT2D eigenvalue weighted by atomic mass is 32.2. The summed E-state index contributed by atoms with van der Waals surface area (Å²) in [6.07, 6.45) is 0.268. The molecule has 0 aliphatic carbocycles. The molecule has 1 amide bonds. The summed E-state index contributed by atoms with van der Waals surface area (Å²) in [6, 6.07) is 11.4. The number of nitrogens with one attached hydrogen (secondary N) is 1. The molecular formula is C18H22FN3O4S. The first-order valence-electron chi connectivity index (χ1n) is 8.24. The van der Waals surface area contributed by atoms with E-state index in [4.69, 9.17) is 9.88 Å².